The molecule has 0 N–H and O–H groups in total. The average molecular weight is 440 g/mol. The zero-order chi connectivity index (χ0) is 22.2. The molecule has 2 saturated heterocycles. The van der Waals surface area contributed by atoms with Gasteiger partial charge in [-0.15, -0.1) is 0 Å². The Kier molecular flexibility index (Phi) is 5.42. The predicted molar refractivity (Wildman–Crippen MR) is 117 cm³/mol. The third-order valence-electron chi connectivity index (χ3n) is 6.74. The molecule has 0 spiro atoms. The van der Waals surface area contributed by atoms with Gasteiger partial charge in [-0.2, -0.15) is 0 Å². The summed E-state index contributed by atoms with van der Waals surface area (Å²) in [7, 11) is 0. The van der Waals surface area contributed by atoms with E-state index in [1.807, 2.05) is 11.0 Å². The van der Waals surface area contributed by atoms with Crippen molar-refractivity contribution in [2.45, 2.75) is 12.5 Å². The van der Waals surface area contributed by atoms with Crippen LogP contribution >= 0.6 is 0 Å². The van der Waals surface area contributed by atoms with Crippen LogP contribution in [-0.4, -0.2) is 67.7 Å². The lowest BCUT2D eigenvalue weighted by atomic mass is 9.82. The minimum Gasteiger partial charge on any atom is -0.378 e. The van der Waals surface area contributed by atoms with Crippen LogP contribution in [0.15, 0.2) is 42.5 Å². The molecule has 2 atom stereocenters. The minimum absolute atomic E-state index is 0.0460. The number of rotatable bonds is 3. The Morgan fingerprint density at radius 1 is 1.06 bits per heavy atom. The van der Waals surface area contributed by atoms with Crippen LogP contribution in [0.3, 0.4) is 0 Å². The van der Waals surface area contributed by atoms with E-state index in [4.69, 9.17) is 4.74 Å². The highest BCUT2D eigenvalue weighted by Crippen LogP contribution is 2.39. The quantitative estimate of drug-likeness (QED) is 0.539. The molecule has 3 aliphatic heterocycles. The largest absolute Gasteiger partial charge is 0.378 e. The molecule has 0 aliphatic carbocycles. The summed E-state index contributed by atoms with van der Waals surface area (Å²) in [5.41, 5.74) is 2.78. The summed E-state index contributed by atoms with van der Waals surface area (Å²) in [6.07, 6.45) is 0.464. The fraction of sp³-hybridized carbons (Fsp3) is 0.435. The van der Waals surface area contributed by atoms with Crippen molar-refractivity contribution in [3.63, 3.8) is 0 Å². The number of carbonyl (C=O) groups excluding carboxylic acids is 1. The second kappa shape index (κ2) is 8.38. The van der Waals surface area contributed by atoms with Crippen molar-refractivity contribution in [2.24, 2.45) is 5.92 Å². The van der Waals surface area contributed by atoms with Gasteiger partial charge in [0, 0.05) is 56.2 Å². The number of ether oxygens (including phenoxy) is 1. The Labute approximate surface area is 185 Å². The van der Waals surface area contributed by atoms with Gasteiger partial charge in [-0.3, -0.25) is 14.9 Å². The topological polar surface area (TPSA) is 79.2 Å². The maximum atomic E-state index is 13.6. The molecule has 0 radical (unpaired) electrons. The molecule has 3 aliphatic rings. The normalized spacial score (nSPS) is 22.8. The van der Waals surface area contributed by atoms with Crippen molar-refractivity contribution in [3.05, 3.63) is 64.0 Å². The molecule has 3 heterocycles. The summed E-state index contributed by atoms with van der Waals surface area (Å²) in [6.45, 7) is 4.20. The first-order valence-corrected chi connectivity index (χ1v) is 10.9. The van der Waals surface area contributed by atoms with Gasteiger partial charge in [0.15, 0.2) is 0 Å². The van der Waals surface area contributed by atoms with E-state index in [1.165, 1.54) is 18.2 Å². The predicted octanol–water partition coefficient (Wildman–Crippen LogP) is 2.46. The molecule has 2 aromatic rings. The standard InChI is InChI=1S/C23H25FN4O4/c24-17-1-3-18(4-2-17)26-7-8-27-21-6-5-19(28(30)31)13-16(21)14-20(22(27)15-26)23(29)25-9-11-32-12-10-25/h1-6,13,20,22H,7-12,14-15H2/t20-,22-/m1/s1. The number of halogens is 1. The highest BCUT2D eigenvalue weighted by atomic mass is 19.1. The molecule has 8 nitrogen and oxygen atoms in total. The first kappa shape index (κ1) is 20.7. The van der Waals surface area contributed by atoms with Crippen LogP contribution in [-0.2, 0) is 16.0 Å². The van der Waals surface area contributed by atoms with E-state index >= 15 is 0 Å². The lowest BCUT2D eigenvalue weighted by Crippen LogP contribution is -2.62. The third-order valence-corrected chi connectivity index (χ3v) is 6.74. The summed E-state index contributed by atoms with van der Waals surface area (Å²) >= 11 is 0. The highest BCUT2D eigenvalue weighted by Gasteiger charge is 2.43. The van der Waals surface area contributed by atoms with Gasteiger partial charge < -0.3 is 19.4 Å². The fourth-order valence-corrected chi connectivity index (χ4v) is 5.11. The van der Waals surface area contributed by atoms with Gasteiger partial charge in [0.2, 0.25) is 5.91 Å². The Morgan fingerprint density at radius 2 is 1.81 bits per heavy atom. The molecule has 1 amide bonds. The lowest BCUT2D eigenvalue weighted by Gasteiger charge is -2.50. The van der Waals surface area contributed by atoms with E-state index in [9.17, 15) is 19.3 Å². The van der Waals surface area contributed by atoms with Crippen LogP contribution in [0.2, 0.25) is 0 Å². The summed E-state index contributed by atoms with van der Waals surface area (Å²) in [6, 6.07) is 11.3. The monoisotopic (exact) mass is 440 g/mol. The van der Waals surface area contributed by atoms with Crippen LogP contribution in [0.1, 0.15) is 5.56 Å². The average Bonchev–Trinajstić information content (AvgIpc) is 2.83. The summed E-state index contributed by atoms with van der Waals surface area (Å²) in [5, 5.41) is 11.3. The van der Waals surface area contributed by atoms with E-state index in [0.29, 0.717) is 45.8 Å². The zero-order valence-electron chi connectivity index (χ0n) is 17.7. The second-order valence-corrected chi connectivity index (χ2v) is 8.50. The third kappa shape index (κ3) is 3.77. The van der Waals surface area contributed by atoms with Gasteiger partial charge in [-0.1, -0.05) is 0 Å². The number of amides is 1. The zero-order valence-corrected chi connectivity index (χ0v) is 17.7. The van der Waals surface area contributed by atoms with E-state index < -0.39 is 4.92 Å². The van der Waals surface area contributed by atoms with Crippen LogP contribution in [0.4, 0.5) is 21.5 Å². The smallest absolute Gasteiger partial charge is 0.269 e. The molecule has 0 unspecified atom stereocenters. The molecule has 168 valence electrons. The molecular weight excluding hydrogens is 415 g/mol. The maximum absolute atomic E-state index is 13.6. The molecular formula is C23H25FN4O4. The molecule has 2 aromatic carbocycles. The van der Waals surface area contributed by atoms with Gasteiger partial charge in [-0.25, -0.2) is 4.39 Å². The van der Waals surface area contributed by atoms with Crippen molar-refractivity contribution in [2.75, 3.05) is 55.7 Å². The van der Waals surface area contributed by atoms with Crippen LogP contribution in [0.25, 0.3) is 0 Å². The number of hydrogen-bond donors (Lipinski definition) is 0. The minimum atomic E-state index is -0.391. The number of nitrogens with zero attached hydrogens (tertiary/aromatic N) is 4. The fourth-order valence-electron chi connectivity index (χ4n) is 5.11. The van der Waals surface area contributed by atoms with E-state index in [0.717, 1.165) is 23.5 Å². The number of benzene rings is 2. The second-order valence-electron chi connectivity index (χ2n) is 8.50. The Balaban J connectivity index is 1.48. The van der Waals surface area contributed by atoms with Gasteiger partial charge in [-0.05, 0) is 42.3 Å². The van der Waals surface area contributed by atoms with E-state index in [1.54, 1.807) is 18.2 Å². The highest BCUT2D eigenvalue weighted by molar-refractivity contribution is 5.83. The van der Waals surface area contributed by atoms with E-state index in [2.05, 4.69) is 9.80 Å². The van der Waals surface area contributed by atoms with Gasteiger partial charge >= 0.3 is 0 Å². The number of hydrogen-bond acceptors (Lipinski definition) is 6. The first-order valence-electron chi connectivity index (χ1n) is 10.9. The Morgan fingerprint density at radius 3 is 2.53 bits per heavy atom. The van der Waals surface area contributed by atoms with Crippen molar-refractivity contribution >= 4 is 23.0 Å². The van der Waals surface area contributed by atoms with Gasteiger partial charge in [0.25, 0.3) is 5.69 Å². The summed E-state index contributed by atoms with van der Waals surface area (Å²) < 4.78 is 18.8. The van der Waals surface area contributed by atoms with Crippen molar-refractivity contribution in [1.29, 1.82) is 0 Å². The Hall–Kier alpha value is -3.20. The molecule has 9 heteroatoms. The number of non-ortho nitro benzene ring substituents is 1. The number of carbonyl (C=O) groups is 1. The number of piperazine rings is 1. The van der Waals surface area contributed by atoms with Crippen LogP contribution in [0, 0.1) is 21.8 Å². The summed E-state index contributed by atoms with van der Waals surface area (Å²) in [5.74, 6) is -0.520. The molecule has 2 fully saturated rings. The van der Waals surface area contributed by atoms with Crippen molar-refractivity contribution in [3.8, 4) is 0 Å². The van der Waals surface area contributed by atoms with Crippen LogP contribution in [0.5, 0.6) is 0 Å². The molecule has 0 bridgehead atoms. The molecule has 0 aromatic heterocycles. The summed E-state index contributed by atoms with van der Waals surface area (Å²) in [4.78, 5) is 30.8. The van der Waals surface area contributed by atoms with Gasteiger partial charge in [0.05, 0.1) is 30.1 Å². The molecule has 0 saturated carbocycles. The first-order chi connectivity index (χ1) is 15.5. The van der Waals surface area contributed by atoms with Crippen LogP contribution < -0.4 is 9.80 Å². The Bertz CT molecular complexity index is 1030. The maximum Gasteiger partial charge on any atom is 0.269 e. The molecule has 32 heavy (non-hydrogen) atoms. The SMILES string of the molecule is O=C([C@@H]1Cc2cc([N+](=O)[O-])ccc2N2CCN(c3ccc(F)cc3)C[C@H]12)N1CCOCC1. The number of morpholine rings is 1. The number of nitro benzene ring substituents is 1. The number of fused-ring (bicyclic) bond motifs is 3. The van der Waals surface area contributed by atoms with Crippen molar-refractivity contribution in [1.82, 2.24) is 4.90 Å². The molecule has 5 rings (SSSR count). The number of nitro groups is 1. The van der Waals surface area contributed by atoms with Crippen molar-refractivity contribution < 1.29 is 18.8 Å². The van der Waals surface area contributed by atoms with Gasteiger partial charge in [0.1, 0.15) is 5.82 Å². The number of anilines is 2. The van der Waals surface area contributed by atoms with E-state index in [-0.39, 0.29) is 29.4 Å². The lowest BCUT2D eigenvalue weighted by molar-refractivity contribution is -0.384.